The average molecular weight is 299 g/mol. The van der Waals surface area contributed by atoms with E-state index in [1.165, 1.54) is 0 Å². The Morgan fingerprint density at radius 3 is 2.70 bits per heavy atom. The fourth-order valence-corrected chi connectivity index (χ4v) is 2.54. The van der Waals surface area contributed by atoms with Crippen molar-refractivity contribution in [2.75, 3.05) is 13.1 Å². The van der Waals surface area contributed by atoms with E-state index < -0.39 is 21.7 Å². The van der Waals surface area contributed by atoms with Crippen LogP contribution in [0.4, 0.5) is 4.39 Å². The van der Waals surface area contributed by atoms with E-state index >= 15 is 0 Å². The molecular weight excluding hydrogens is 285 g/mol. The fourth-order valence-electron chi connectivity index (χ4n) is 1.37. The van der Waals surface area contributed by atoms with Crippen molar-refractivity contribution in [1.82, 2.24) is 4.72 Å². The van der Waals surface area contributed by atoms with Gasteiger partial charge < -0.3 is 11.5 Å². The third-order valence-electron chi connectivity index (χ3n) is 2.22. The third kappa shape index (κ3) is 4.62. The maximum absolute atomic E-state index is 13.1. The van der Waals surface area contributed by atoms with E-state index in [1.54, 1.807) is 0 Å². The number of amides is 1. The Hall–Kier alpha value is -1.95. The number of carbonyl (C=O) groups excluding carboxylic acids is 1. The SMILES string of the molecule is NCC#Cc1cc(F)ccc1S(=O)(=O)NCCC(N)=O. The molecule has 0 radical (unpaired) electrons. The Morgan fingerprint density at radius 2 is 2.10 bits per heavy atom. The number of hydrogen-bond donors (Lipinski definition) is 3. The maximum atomic E-state index is 13.1. The van der Waals surface area contributed by atoms with Gasteiger partial charge in [-0.3, -0.25) is 4.79 Å². The number of benzene rings is 1. The zero-order valence-electron chi connectivity index (χ0n) is 10.5. The van der Waals surface area contributed by atoms with Crippen LogP contribution in [0, 0.1) is 17.7 Å². The van der Waals surface area contributed by atoms with E-state index in [2.05, 4.69) is 16.6 Å². The number of nitrogens with one attached hydrogen (secondary N) is 1. The molecule has 0 saturated heterocycles. The minimum atomic E-state index is -3.90. The molecule has 6 nitrogen and oxygen atoms in total. The molecule has 0 aliphatic rings. The normalized spacial score (nSPS) is 10.7. The first-order valence-corrected chi connectivity index (χ1v) is 7.11. The van der Waals surface area contributed by atoms with Crippen molar-refractivity contribution in [3.05, 3.63) is 29.6 Å². The zero-order chi connectivity index (χ0) is 15.2. The fraction of sp³-hybridized carbons (Fsp3) is 0.250. The van der Waals surface area contributed by atoms with Crippen molar-refractivity contribution in [3.63, 3.8) is 0 Å². The van der Waals surface area contributed by atoms with Crippen molar-refractivity contribution in [2.45, 2.75) is 11.3 Å². The number of rotatable bonds is 5. The second-order valence-corrected chi connectivity index (χ2v) is 5.50. The van der Waals surface area contributed by atoms with Crippen LogP contribution in [0.15, 0.2) is 23.1 Å². The van der Waals surface area contributed by atoms with Gasteiger partial charge in [-0.15, -0.1) is 0 Å². The van der Waals surface area contributed by atoms with Crippen LogP contribution in [0.5, 0.6) is 0 Å². The smallest absolute Gasteiger partial charge is 0.241 e. The van der Waals surface area contributed by atoms with Crippen LogP contribution >= 0.6 is 0 Å². The highest BCUT2D eigenvalue weighted by Crippen LogP contribution is 2.16. The van der Waals surface area contributed by atoms with Crippen LogP contribution in [0.2, 0.25) is 0 Å². The van der Waals surface area contributed by atoms with E-state index in [0.717, 1.165) is 18.2 Å². The van der Waals surface area contributed by atoms with Crippen LogP contribution in [0.3, 0.4) is 0 Å². The summed E-state index contributed by atoms with van der Waals surface area (Å²) in [5, 5.41) is 0. The molecule has 0 spiro atoms. The summed E-state index contributed by atoms with van der Waals surface area (Å²) in [7, 11) is -3.90. The first kappa shape index (κ1) is 16.1. The Kier molecular flexibility index (Phi) is 5.64. The number of hydrogen-bond acceptors (Lipinski definition) is 4. The quantitative estimate of drug-likeness (QED) is 0.623. The predicted molar refractivity (Wildman–Crippen MR) is 71.3 cm³/mol. The molecule has 0 aliphatic carbocycles. The van der Waals surface area contributed by atoms with E-state index in [4.69, 9.17) is 11.5 Å². The lowest BCUT2D eigenvalue weighted by Gasteiger charge is -2.08. The second-order valence-electron chi connectivity index (χ2n) is 3.76. The highest BCUT2D eigenvalue weighted by Gasteiger charge is 2.18. The molecule has 0 bridgehead atoms. The Morgan fingerprint density at radius 1 is 1.40 bits per heavy atom. The van der Waals surface area contributed by atoms with Gasteiger partial charge in [-0.2, -0.15) is 0 Å². The molecule has 0 atom stereocenters. The Labute approximate surface area is 116 Å². The van der Waals surface area contributed by atoms with Crippen molar-refractivity contribution < 1.29 is 17.6 Å². The minimum absolute atomic E-state index is 0.00188. The summed E-state index contributed by atoms with van der Waals surface area (Å²) < 4.78 is 39.4. The summed E-state index contributed by atoms with van der Waals surface area (Å²) in [5.41, 5.74) is 10.1. The molecule has 0 saturated carbocycles. The lowest BCUT2D eigenvalue weighted by Crippen LogP contribution is -2.28. The van der Waals surface area contributed by atoms with Gasteiger partial charge in [0.05, 0.1) is 11.4 Å². The van der Waals surface area contributed by atoms with E-state index in [9.17, 15) is 17.6 Å². The standard InChI is InChI=1S/C12H14FN3O3S/c13-10-3-4-11(9(8-10)2-1-6-14)20(18,19)16-7-5-12(15)17/h3-4,8,16H,5-7,14H2,(H2,15,17). The van der Waals surface area contributed by atoms with Crippen LogP contribution < -0.4 is 16.2 Å². The molecule has 0 fully saturated rings. The third-order valence-corrected chi connectivity index (χ3v) is 3.74. The lowest BCUT2D eigenvalue weighted by molar-refractivity contribution is -0.117. The highest BCUT2D eigenvalue weighted by atomic mass is 32.2. The minimum Gasteiger partial charge on any atom is -0.370 e. The van der Waals surface area contributed by atoms with Gasteiger partial charge in [0.15, 0.2) is 0 Å². The van der Waals surface area contributed by atoms with Crippen LogP contribution in [0.25, 0.3) is 0 Å². The van der Waals surface area contributed by atoms with Gasteiger partial charge in [-0.05, 0) is 18.2 Å². The maximum Gasteiger partial charge on any atom is 0.241 e. The summed E-state index contributed by atoms with van der Waals surface area (Å²) in [6.07, 6.45) is -0.135. The number of halogens is 1. The zero-order valence-corrected chi connectivity index (χ0v) is 11.3. The highest BCUT2D eigenvalue weighted by molar-refractivity contribution is 7.89. The Bertz CT molecular complexity index is 662. The van der Waals surface area contributed by atoms with Crippen LogP contribution in [0.1, 0.15) is 12.0 Å². The van der Waals surface area contributed by atoms with Crippen molar-refractivity contribution >= 4 is 15.9 Å². The molecule has 1 amide bonds. The van der Waals surface area contributed by atoms with Gasteiger partial charge in [0, 0.05) is 18.5 Å². The van der Waals surface area contributed by atoms with Crippen LogP contribution in [-0.2, 0) is 14.8 Å². The number of sulfonamides is 1. The molecule has 0 aliphatic heterocycles. The molecule has 1 aromatic carbocycles. The van der Waals surface area contributed by atoms with Gasteiger partial charge in [-0.25, -0.2) is 17.5 Å². The van der Waals surface area contributed by atoms with Crippen molar-refractivity contribution in [3.8, 4) is 11.8 Å². The molecule has 108 valence electrons. The number of carbonyl (C=O) groups is 1. The topological polar surface area (TPSA) is 115 Å². The predicted octanol–water partition coefficient (Wildman–Crippen LogP) is -0.710. The summed E-state index contributed by atoms with van der Waals surface area (Å²) in [6.45, 7) is -0.121. The molecule has 0 aromatic heterocycles. The van der Waals surface area contributed by atoms with Gasteiger partial charge in [0.25, 0.3) is 0 Å². The molecular formula is C12H14FN3O3S. The van der Waals surface area contributed by atoms with Gasteiger partial charge >= 0.3 is 0 Å². The molecule has 8 heteroatoms. The molecule has 20 heavy (non-hydrogen) atoms. The average Bonchev–Trinajstić information content (AvgIpc) is 2.35. The molecule has 0 unspecified atom stereocenters. The summed E-state index contributed by atoms with van der Waals surface area (Å²) in [6, 6.07) is 3.12. The van der Waals surface area contributed by atoms with E-state index in [1.807, 2.05) is 0 Å². The van der Waals surface area contributed by atoms with E-state index in [-0.39, 0.29) is 30.0 Å². The van der Waals surface area contributed by atoms with Crippen molar-refractivity contribution in [1.29, 1.82) is 0 Å². The first-order chi connectivity index (χ1) is 9.36. The molecule has 0 heterocycles. The summed E-state index contributed by atoms with van der Waals surface area (Å²) in [5.74, 6) is 3.72. The summed E-state index contributed by atoms with van der Waals surface area (Å²) in [4.78, 5) is 10.4. The number of primary amides is 1. The lowest BCUT2D eigenvalue weighted by atomic mass is 10.2. The van der Waals surface area contributed by atoms with Crippen molar-refractivity contribution in [2.24, 2.45) is 11.5 Å². The number of nitrogens with two attached hydrogens (primary N) is 2. The monoisotopic (exact) mass is 299 g/mol. The Balaban J connectivity index is 3.07. The second kappa shape index (κ2) is 7.00. The summed E-state index contributed by atoms with van der Waals surface area (Å²) >= 11 is 0. The largest absolute Gasteiger partial charge is 0.370 e. The van der Waals surface area contributed by atoms with Gasteiger partial charge in [0.1, 0.15) is 5.82 Å². The first-order valence-electron chi connectivity index (χ1n) is 5.63. The van der Waals surface area contributed by atoms with Gasteiger partial charge in [-0.1, -0.05) is 11.8 Å². The van der Waals surface area contributed by atoms with Gasteiger partial charge in [0.2, 0.25) is 15.9 Å². The molecule has 1 aromatic rings. The van der Waals surface area contributed by atoms with E-state index in [0.29, 0.717) is 0 Å². The molecule has 1 rings (SSSR count). The van der Waals surface area contributed by atoms with Crippen LogP contribution in [-0.4, -0.2) is 27.4 Å². The molecule has 5 N–H and O–H groups in total.